The molecule has 2 aliphatic rings. The number of piperazine rings is 2. The molecule has 3 aromatic heterocycles. The summed E-state index contributed by atoms with van der Waals surface area (Å²) < 4.78 is 19.6. The summed E-state index contributed by atoms with van der Waals surface area (Å²) >= 11 is 0. The van der Waals surface area contributed by atoms with Crippen molar-refractivity contribution in [2.45, 2.75) is 96.8 Å². The summed E-state index contributed by atoms with van der Waals surface area (Å²) in [6.07, 6.45) is 12.2. The van der Waals surface area contributed by atoms with Crippen molar-refractivity contribution in [1.82, 2.24) is 54.7 Å². The van der Waals surface area contributed by atoms with E-state index in [2.05, 4.69) is 45.7 Å². The Morgan fingerprint density at radius 2 is 1.30 bits per heavy atom. The summed E-state index contributed by atoms with van der Waals surface area (Å²) in [5.41, 5.74) is 19.9. The van der Waals surface area contributed by atoms with Crippen molar-refractivity contribution in [2.75, 3.05) is 120 Å². The lowest BCUT2D eigenvalue weighted by atomic mass is 9.98. The number of carbonyl (C=O) groups excluding carboxylic acids is 2. The van der Waals surface area contributed by atoms with Crippen LogP contribution in [0.15, 0.2) is 12.4 Å². The number of ether oxygens (including phenoxy) is 3. The van der Waals surface area contributed by atoms with Crippen LogP contribution in [0.5, 0.6) is 0 Å². The Morgan fingerprint density at radius 1 is 0.771 bits per heavy atom. The number of unbranched alkanes of at least 4 members (excludes halogenated alkanes) is 1. The van der Waals surface area contributed by atoms with Gasteiger partial charge in [-0.3, -0.25) is 14.4 Å². The summed E-state index contributed by atoms with van der Waals surface area (Å²) in [5, 5.41) is 30.0. The molecule has 0 spiro atoms. The molecule has 0 saturated carbocycles. The average Bonchev–Trinajstić information content (AvgIpc) is 4.05. The number of nitrogens with zero attached hydrogens (tertiary/aromatic N) is 13. The van der Waals surface area contributed by atoms with E-state index in [0.29, 0.717) is 140 Å². The van der Waals surface area contributed by atoms with E-state index in [1.54, 1.807) is 22.0 Å². The van der Waals surface area contributed by atoms with E-state index < -0.39 is 18.1 Å². The molecule has 24 nitrogen and oxygen atoms in total. The number of aliphatic carboxylic acids is 1. The average molecular weight is 1000 g/mol. The van der Waals surface area contributed by atoms with Crippen LogP contribution in [0.1, 0.15) is 108 Å². The fraction of sp³-hybridized carbons (Fsp3) is 0.733. The highest BCUT2D eigenvalue weighted by Crippen LogP contribution is 2.26. The standard InChI is InChI=1S/C45H75N17O7.ClH/c1-6-23-67-25-27-69-28-26-68-24-14-49-43-50-44(59-19-15-57(16-20-59)41(65)37(10-8-9-13-46)61-30-35(53-55-61)34(47)29-32(3)4)52-45(51-43)60-21-17-58(18-22-60)42(66)38(11-12-39(63)64)62-31-36(54-56-62)40(48)33(5)7-2;/h1,30-34,37-38,40H,7-29,46-48H2,2-5H3,(H,63,64)(H,49,50,51,52);1H/p-1/t33-,34?,37+,38+,40?;/m1./s1. The third kappa shape index (κ3) is 17.2. The Hall–Kier alpha value is -5.29. The maximum Gasteiger partial charge on any atom is 0.303 e. The number of carbonyl (C=O) groups is 3. The van der Waals surface area contributed by atoms with Gasteiger partial charge in [-0.1, -0.05) is 50.5 Å². The monoisotopic (exact) mass is 1000 g/mol. The number of aromatic nitrogens is 9. The number of nitrogens with two attached hydrogens (primary N) is 3. The fourth-order valence-corrected chi connectivity index (χ4v) is 8.06. The lowest BCUT2D eigenvalue weighted by Gasteiger charge is -2.38. The lowest BCUT2D eigenvalue weighted by molar-refractivity contribution is -0.139. The minimum Gasteiger partial charge on any atom is -1.00 e. The molecule has 2 aliphatic heterocycles. The molecule has 0 aromatic carbocycles. The maximum absolute atomic E-state index is 14.2. The van der Waals surface area contributed by atoms with Gasteiger partial charge in [0.1, 0.15) is 18.7 Å². The van der Waals surface area contributed by atoms with Gasteiger partial charge in [-0.05, 0) is 50.5 Å². The van der Waals surface area contributed by atoms with Crippen molar-refractivity contribution in [1.29, 1.82) is 0 Å². The smallest absolute Gasteiger partial charge is 0.303 e. The first kappa shape index (κ1) is 57.3. The molecule has 8 N–H and O–H groups in total. The predicted octanol–water partition coefficient (Wildman–Crippen LogP) is -1.98. The summed E-state index contributed by atoms with van der Waals surface area (Å²) in [7, 11) is 0. The van der Waals surface area contributed by atoms with Crippen molar-refractivity contribution >= 4 is 35.6 Å². The molecule has 0 radical (unpaired) electrons. The van der Waals surface area contributed by atoms with Crippen molar-refractivity contribution in [3.05, 3.63) is 23.8 Å². The zero-order valence-electron chi connectivity index (χ0n) is 41.3. The number of halogens is 1. The molecular weight excluding hydrogens is 926 g/mol. The van der Waals surface area contributed by atoms with Gasteiger partial charge in [0.25, 0.3) is 0 Å². The van der Waals surface area contributed by atoms with Gasteiger partial charge in [-0.15, -0.1) is 16.6 Å². The number of anilines is 3. The topological polar surface area (TPSA) is 302 Å². The zero-order chi connectivity index (χ0) is 49.7. The number of amides is 2. The molecule has 25 heteroatoms. The van der Waals surface area contributed by atoms with E-state index in [0.717, 1.165) is 25.7 Å². The first-order valence-corrected chi connectivity index (χ1v) is 24.3. The Labute approximate surface area is 417 Å². The molecule has 2 amide bonds. The van der Waals surface area contributed by atoms with Crippen LogP contribution in [0.25, 0.3) is 0 Å². The van der Waals surface area contributed by atoms with Crippen LogP contribution in [0.2, 0.25) is 0 Å². The highest BCUT2D eigenvalue weighted by molar-refractivity contribution is 5.81. The zero-order valence-corrected chi connectivity index (χ0v) is 42.0. The number of nitrogens with one attached hydrogen (secondary N) is 1. The van der Waals surface area contributed by atoms with Gasteiger partial charge in [0, 0.05) is 65.3 Å². The van der Waals surface area contributed by atoms with Gasteiger partial charge in [0.2, 0.25) is 29.7 Å². The number of rotatable bonds is 30. The molecule has 70 heavy (non-hydrogen) atoms. The number of carboxylic acid groups (broad SMARTS) is 1. The minimum absolute atomic E-state index is 0. The van der Waals surface area contributed by atoms with E-state index in [4.69, 9.17) is 52.8 Å². The third-order valence-electron chi connectivity index (χ3n) is 12.4. The normalized spacial score (nSPS) is 16.3. The van der Waals surface area contributed by atoms with Crippen LogP contribution in [0.4, 0.5) is 17.8 Å². The van der Waals surface area contributed by atoms with E-state index in [1.807, 2.05) is 28.5 Å². The van der Waals surface area contributed by atoms with Crippen molar-refractivity contribution in [3.8, 4) is 12.3 Å². The Balaban J connectivity index is 0.0000107. The quantitative estimate of drug-likeness (QED) is 0.0357. The summed E-state index contributed by atoms with van der Waals surface area (Å²) in [4.78, 5) is 62.1. The van der Waals surface area contributed by atoms with Gasteiger partial charge in [0.05, 0.1) is 68.9 Å². The van der Waals surface area contributed by atoms with E-state index >= 15 is 0 Å². The van der Waals surface area contributed by atoms with Gasteiger partial charge in [-0.25, -0.2) is 9.36 Å². The van der Waals surface area contributed by atoms with Crippen LogP contribution < -0.4 is 44.7 Å². The number of carboxylic acids is 1. The van der Waals surface area contributed by atoms with Crippen LogP contribution in [-0.2, 0) is 28.6 Å². The van der Waals surface area contributed by atoms with Gasteiger partial charge in [-0.2, -0.15) is 15.0 Å². The first-order chi connectivity index (χ1) is 33.3. The second kappa shape index (κ2) is 29.8. The second-order valence-corrected chi connectivity index (χ2v) is 17.9. The minimum atomic E-state index is -1.01. The van der Waals surface area contributed by atoms with E-state index in [1.165, 1.54) is 4.68 Å². The maximum atomic E-state index is 14.2. The van der Waals surface area contributed by atoms with E-state index in [-0.39, 0.29) is 61.7 Å². The number of hydrogen-bond donors (Lipinski definition) is 5. The second-order valence-electron chi connectivity index (χ2n) is 17.9. The summed E-state index contributed by atoms with van der Waals surface area (Å²) in [6, 6.07) is -2.06. The van der Waals surface area contributed by atoms with Crippen molar-refractivity contribution in [2.24, 2.45) is 29.0 Å². The van der Waals surface area contributed by atoms with Crippen molar-refractivity contribution < 1.29 is 46.1 Å². The van der Waals surface area contributed by atoms with Crippen LogP contribution >= 0.6 is 0 Å². The Kier molecular flexibility index (Phi) is 24.4. The lowest BCUT2D eigenvalue weighted by Crippen LogP contribution is -3.00. The highest BCUT2D eigenvalue weighted by Gasteiger charge is 2.34. The SMILES string of the molecule is C#CCOCCOCCOCCNc1nc(N2CCN(C(=O)[C@H](CCCCN)n3cc(C(N)CC(C)C)nn3)CC2)nc(N2CCN(C(=O)[C@H](CCC(=O)O)n3cc(C(N)[C@H](C)CC)nn3)CC2)n1.[Cl-]. The van der Waals surface area contributed by atoms with Gasteiger partial charge >= 0.3 is 5.97 Å². The molecular formula is C45H75ClN17O7-. The third-order valence-corrected chi connectivity index (χ3v) is 12.4. The Bertz CT molecular complexity index is 2070. The predicted molar refractivity (Wildman–Crippen MR) is 258 cm³/mol. The van der Waals surface area contributed by atoms with Crippen LogP contribution in [-0.4, -0.2) is 183 Å². The van der Waals surface area contributed by atoms with Gasteiger partial charge in [0.15, 0.2) is 0 Å². The number of terminal acetylenes is 1. The van der Waals surface area contributed by atoms with Gasteiger partial charge < -0.3 is 73.8 Å². The Morgan fingerprint density at radius 3 is 1.83 bits per heavy atom. The first-order valence-electron chi connectivity index (χ1n) is 24.3. The molecule has 5 rings (SSSR count). The molecule has 0 aliphatic carbocycles. The fourth-order valence-electron chi connectivity index (χ4n) is 8.06. The highest BCUT2D eigenvalue weighted by atomic mass is 35.5. The molecule has 2 fully saturated rings. The largest absolute Gasteiger partial charge is 1.00 e. The molecule has 5 atom stereocenters. The van der Waals surface area contributed by atoms with Crippen LogP contribution in [0, 0.1) is 24.2 Å². The molecule has 5 heterocycles. The summed E-state index contributed by atoms with van der Waals surface area (Å²) in [5.74, 6) is 2.85. The molecule has 390 valence electrons. The molecule has 0 bridgehead atoms. The van der Waals surface area contributed by atoms with Crippen LogP contribution in [0.3, 0.4) is 0 Å². The molecule has 2 saturated heterocycles. The number of hydrogen-bond acceptors (Lipinski definition) is 19. The summed E-state index contributed by atoms with van der Waals surface area (Å²) in [6.45, 7) is 14.7. The molecule has 2 unspecified atom stereocenters. The van der Waals surface area contributed by atoms with Crippen molar-refractivity contribution in [3.63, 3.8) is 0 Å². The molecule has 3 aromatic rings. The van der Waals surface area contributed by atoms with E-state index in [9.17, 15) is 19.5 Å².